The fraction of sp³-hybridized carbons (Fsp3) is 0.474. The first-order valence-electron chi connectivity index (χ1n) is 7.47. The molecule has 2 atom stereocenters. The Hall–Kier alpha value is -1.34. The molecule has 0 saturated carbocycles. The van der Waals surface area contributed by atoms with Gasteiger partial charge in [0.2, 0.25) is 0 Å². The second-order valence-electron chi connectivity index (χ2n) is 7.04. The van der Waals surface area contributed by atoms with Gasteiger partial charge in [-0.05, 0) is 46.6 Å². The van der Waals surface area contributed by atoms with Gasteiger partial charge in [-0.25, -0.2) is 0 Å². The highest BCUT2D eigenvalue weighted by Crippen LogP contribution is 2.36. The number of hydrogen-bond donors (Lipinski definition) is 1. The van der Waals surface area contributed by atoms with E-state index in [4.69, 9.17) is 0 Å². The molecule has 0 saturated heterocycles. The molecule has 0 spiro atoms. The number of fused-ring (bicyclic) bond motifs is 1. The fourth-order valence-corrected chi connectivity index (χ4v) is 2.65. The number of benzene rings is 2. The predicted molar refractivity (Wildman–Crippen MR) is 86.9 cm³/mol. The van der Waals surface area contributed by atoms with Crippen molar-refractivity contribution in [2.45, 2.75) is 47.1 Å². The highest BCUT2D eigenvalue weighted by molar-refractivity contribution is 5.87. The van der Waals surface area contributed by atoms with E-state index in [1.165, 1.54) is 16.3 Å². The first-order valence-corrected chi connectivity index (χ1v) is 7.47. The van der Waals surface area contributed by atoms with E-state index in [0.717, 1.165) is 12.0 Å². The summed E-state index contributed by atoms with van der Waals surface area (Å²) in [6.45, 7) is 11.0. The van der Waals surface area contributed by atoms with E-state index in [1.54, 1.807) is 0 Å². The second kappa shape index (κ2) is 5.57. The molecule has 108 valence electrons. The van der Waals surface area contributed by atoms with Gasteiger partial charge in [-0.3, -0.25) is 0 Å². The van der Waals surface area contributed by atoms with E-state index in [0.29, 0.717) is 5.92 Å². The summed E-state index contributed by atoms with van der Waals surface area (Å²) < 4.78 is 0. The number of aryl methyl sites for hydroxylation is 1. The standard InChI is InChI=1S/C19H26O/c1-13-10-11-15-8-6-7-9-16(15)18(13)17(20)12-14(2)19(3,4)5/h6-11,14,17,20H,12H2,1-5H3. The van der Waals surface area contributed by atoms with Gasteiger partial charge in [0.25, 0.3) is 0 Å². The molecule has 2 aromatic rings. The Morgan fingerprint density at radius 1 is 1.05 bits per heavy atom. The Balaban J connectivity index is 2.39. The quantitative estimate of drug-likeness (QED) is 0.807. The lowest BCUT2D eigenvalue weighted by molar-refractivity contribution is 0.111. The molecule has 0 bridgehead atoms. The van der Waals surface area contributed by atoms with Crippen molar-refractivity contribution in [1.82, 2.24) is 0 Å². The molecule has 0 aliphatic rings. The maximum Gasteiger partial charge on any atom is 0.0801 e. The van der Waals surface area contributed by atoms with Crippen LogP contribution in [0.25, 0.3) is 10.8 Å². The van der Waals surface area contributed by atoms with Crippen LogP contribution in [0.5, 0.6) is 0 Å². The van der Waals surface area contributed by atoms with Gasteiger partial charge in [0.15, 0.2) is 0 Å². The van der Waals surface area contributed by atoms with Gasteiger partial charge >= 0.3 is 0 Å². The van der Waals surface area contributed by atoms with Crippen molar-refractivity contribution in [3.63, 3.8) is 0 Å². The smallest absolute Gasteiger partial charge is 0.0801 e. The van der Waals surface area contributed by atoms with Crippen molar-refractivity contribution < 1.29 is 5.11 Å². The Morgan fingerprint density at radius 2 is 1.70 bits per heavy atom. The molecule has 1 nitrogen and oxygen atoms in total. The minimum Gasteiger partial charge on any atom is -0.388 e. The SMILES string of the molecule is Cc1ccc2ccccc2c1C(O)CC(C)C(C)(C)C. The van der Waals surface area contributed by atoms with Crippen LogP contribution in [0.2, 0.25) is 0 Å². The summed E-state index contributed by atoms with van der Waals surface area (Å²) in [5, 5.41) is 13.1. The van der Waals surface area contributed by atoms with Crippen LogP contribution in [0.1, 0.15) is 51.3 Å². The van der Waals surface area contributed by atoms with Crippen molar-refractivity contribution >= 4 is 10.8 Å². The van der Waals surface area contributed by atoms with Gasteiger partial charge in [0, 0.05) is 0 Å². The number of aliphatic hydroxyl groups excluding tert-OH is 1. The Labute approximate surface area is 122 Å². The topological polar surface area (TPSA) is 20.2 Å². The summed E-state index contributed by atoms with van der Waals surface area (Å²) in [5.74, 6) is 0.468. The summed E-state index contributed by atoms with van der Waals surface area (Å²) in [5.41, 5.74) is 2.50. The van der Waals surface area contributed by atoms with E-state index in [-0.39, 0.29) is 5.41 Å². The monoisotopic (exact) mass is 270 g/mol. The molecule has 1 N–H and O–H groups in total. The lowest BCUT2D eigenvalue weighted by Gasteiger charge is -2.30. The molecule has 20 heavy (non-hydrogen) atoms. The van der Waals surface area contributed by atoms with Gasteiger partial charge in [-0.2, -0.15) is 0 Å². The van der Waals surface area contributed by atoms with Gasteiger partial charge in [-0.15, -0.1) is 0 Å². The van der Waals surface area contributed by atoms with Crippen LogP contribution in [0.15, 0.2) is 36.4 Å². The number of rotatable bonds is 3. The number of hydrogen-bond acceptors (Lipinski definition) is 1. The van der Waals surface area contributed by atoms with Crippen LogP contribution in [0, 0.1) is 18.3 Å². The summed E-state index contributed by atoms with van der Waals surface area (Å²) in [4.78, 5) is 0. The fourth-order valence-electron chi connectivity index (χ4n) is 2.65. The molecule has 0 aromatic heterocycles. The predicted octanol–water partition coefficient (Wildman–Crippen LogP) is 5.25. The zero-order valence-electron chi connectivity index (χ0n) is 13.3. The van der Waals surface area contributed by atoms with Crippen molar-refractivity contribution in [2.24, 2.45) is 11.3 Å². The Kier molecular flexibility index (Phi) is 4.19. The first-order chi connectivity index (χ1) is 9.30. The minimum atomic E-state index is -0.393. The Bertz CT molecular complexity index is 592. The molecule has 2 aromatic carbocycles. The van der Waals surface area contributed by atoms with E-state index in [1.807, 2.05) is 12.1 Å². The van der Waals surface area contributed by atoms with Crippen molar-refractivity contribution in [3.8, 4) is 0 Å². The second-order valence-corrected chi connectivity index (χ2v) is 7.04. The molecular weight excluding hydrogens is 244 g/mol. The van der Waals surface area contributed by atoms with E-state index in [9.17, 15) is 5.11 Å². The average molecular weight is 270 g/mol. The van der Waals surface area contributed by atoms with Gasteiger partial charge in [0.1, 0.15) is 0 Å². The first kappa shape index (κ1) is 15.1. The molecule has 1 heteroatoms. The Morgan fingerprint density at radius 3 is 2.35 bits per heavy atom. The van der Waals surface area contributed by atoms with E-state index in [2.05, 4.69) is 58.9 Å². The summed E-state index contributed by atoms with van der Waals surface area (Å²) in [7, 11) is 0. The molecule has 2 unspecified atom stereocenters. The van der Waals surface area contributed by atoms with E-state index >= 15 is 0 Å². The summed E-state index contributed by atoms with van der Waals surface area (Å²) in [6, 6.07) is 12.6. The molecule has 0 fully saturated rings. The zero-order chi connectivity index (χ0) is 14.9. The molecule has 0 amide bonds. The highest BCUT2D eigenvalue weighted by Gasteiger charge is 2.24. The minimum absolute atomic E-state index is 0.222. The molecule has 0 aliphatic heterocycles. The van der Waals surface area contributed by atoms with Gasteiger partial charge < -0.3 is 5.11 Å². The molecular formula is C19H26O. The third-order valence-electron chi connectivity index (χ3n) is 4.58. The lowest BCUT2D eigenvalue weighted by atomic mass is 9.77. The van der Waals surface area contributed by atoms with Crippen LogP contribution in [-0.4, -0.2) is 5.11 Å². The third kappa shape index (κ3) is 3.04. The van der Waals surface area contributed by atoms with Crippen molar-refractivity contribution in [1.29, 1.82) is 0 Å². The van der Waals surface area contributed by atoms with Crippen LogP contribution >= 0.6 is 0 Å². The zero-order valence-corrected chi connectivity index (χ0v) is 13.3. The lowest BCUT2D eigenvalue weighted by Crippen LogP contribution is -2.20. The average Bonchev–Trinajstić information content (AvgIpc) is 2.37. The summed E-state index contributed by atoms with van der Waals surface area (Å²) >= 11 is 0. The largest absolute Gasteiger partial charge is 0.388 e. The summed E-state index contributed by atoms with van der Waals surface area (Å²) in [6.07, 6.45) is 0.411. The molecule has 0 heterocycles. The number of aliphatic hydroxyl groups is 1. The van der Waals surface area contributed by atoms with Crippen LogP contribution in [-0.2, 0) is 0 Å². The molecule has 2 rings (SSSR count). The van der Waals surface area contributed by atoms with E-state index < -0.39 is 6.10 Å². The van der Waals surface area contributed by atoms with Crippen molar-refractivity contribution in [2.75, 3.05) is 0 Å². The van der Waals surface area contributed by atoms with Crippen LogP contribution < -0.4 is 0 Å². The maximum atomic E-state index is 10.7. The molecule has 0 aliphatic carbocycles. The van der Waals surface area contributed by atoms with Crippen LogP contribution in [0.3, 0.4) is 0 Å². The van der Waals surface area contributed by atoms with Crippen molar-refractivity contribution in [3.05, 3.63) is 47.5 Å². The van der Waals surface area contributed by atoms with Gasteiger partial charge in [-0.1, -0.05) is 64.1 Å². The van der Waals surface area contributed by atoms with Gasteiger partial charge in [0.05, 0.1) is 6.10 Å². The van der Waals surface area contributed by atoms with Crippen LogP contribution in [0.4, 0.5) is 0 Å². The molecule has 0 radical (unpaired) electrons. The highest BCUT2D eigenvalue weighted by atomic mass is 16.3. The normalized spacial score (nSPS) is 15.3. The maximum absolute atomic E-state index is 10.7. The third-order valence-corrected chi connectivity index (χ3v) is 4.58.